The Labute approximate surface area is 148 Å². The zero-order valence-corrected chi connectivity index (χ0v) is 13.6. The van der Waals surface area contributed by atoms with Gasteiger partial charge in [-0.1, -0.05) is 6.07 Å². The number of aromatic nitrogens is 2. The maximum atomic E-state index is 12.6. The maximum absolute atomic E-state index is 12.6. The monoisotopic (exact) mass is 350 g/mol. The fourth-order valence-corrected chi connectivity index (χ4v) is 3.28. The molecule has 8 heteroatoms. The van der Waals surface area contributed by atoms with Crippen LogP contribution in [0.1, 0.15) is 44.8 Å². The van der Waals surface area contributed by atoms with E-state index in [-0.39, 0.29) is 36.3 Å². The van der Waals surface area contributed by atoms with E-state index >= 15 is 0 Å². The van der Waals surface area contributed by atoms with Crippen molar-refractivity contribution >= 4 is 23.5 Å². The van der Waals surface area contributed by atoms with Crippen LogP contribution >= 0.6 is 0 Å². The maximum Gasteiger partial charge on any atom is 0.255 e. The Morgan fingerprint density at radius 3 is 2.77 bits per heavy atom. The van der Waals surface area contributed by atoms with Crippen molar-refractivity contribution in [3.8, 4) is 0 Å². The van der Waals surface area contributed by atoms with Crippen LogP contribution in [0.5, 0.6) is 0 Å². The molecule has 1 atom stereocenters. The number of imide groups is 1. The van der Waals surface area contributed by atoms with Gasteiger partial charge >= 0.3 is 0 Å². The molecular formula is C18H14N4O4. The minimum absolute atomic E-state index is 0.201. The zero-order valence-electron chi connectivity index (χ0n) is 13.6. The summed E-state index contributed by atoms with van der Waals surface area (Å²) >= 11 is 0. The van der Waals surface area contributed by atoms with Gasteiger partial charge in [0.15, 0.2) is 0 Å². The lowest BCUT2D eigenvalue weighted by Gasteiger charge is -2.29. The minimum Gasteiger partial charge on any atom is -0.322 e. The normalized spacial score (nSPS) is 19.3. The number of amides is 3. The molecule has 0 saturated carbocycles. The second kappa shape index (κ2) is 6.14. The van der Waals surface area contributed by atoms with E-state index in [1.54, 1.807) is 18.2 Å². The Kier molecular flexibility index (Phi) is 3.80. The molecule has 2 aliphatic rings. The van der Waals surface area contributed by atoms with Crippen LogP contribution in [0.2, 0.25) is 0 Å². The van der Waals surface area contributed by atoms with Crippen molar-refractivity contribution in [3.05, 3.63) is 59.2 Å². The van der Waals surface area contributed by atoms with Crippen LogP contribution in [0.25, 0.3) is 0 Å². The van der Waals surface area contributed by atoms with Crippen LogP contribution in [0.3, 0.4) is 0 Å². The summed E-state index contributed by atoms with van der Waals surface area (Å²) in [6, 6.07) is 4.14. The quantitative estimate of drug-likeness (QED) is 0.636. The van der Waals surface area contributed by atoms with Gasteiger partial charge in [-0.3, -0.25) is 29.5 Å². The molecule has 1 N–H and O–H groups in total. The first-order chi connectivity index (χ1) is 12.5. The minimum atomic E-state index is -0.674. The Balaban J connectivity index is 1.60. The highest BCUT2D eigenvalue weighted by Gasteiger charge is 2.39. The molecule has 2 aromatic rings. The highest BCUT2D eigenvalue weighted by atomic mass is 16.2. The fraction of sp³-hybridized carbons (Fsp3) is 0.222. The highest BCUT2D eigenvalue weighted by molar-refractivity contribution is 6.09. The average molecular weight is 350 g/mol. The molecule has 1 saturated heterocycles. The number of rotatable bonds is 3. The van der Waals surface area contributed by atoms with E-state index in [2.05, 4.69) is 15.3 Å². The topological polar surface area (TPSA) is 109 Å². The molecule has 8 nitrogen and oxygen atoms in total. The van der Waals surface area contributed by atoms with Gasteiger partial charge in [-0.25, -0.2) is 4.98 Å². The summed E-state index contributed by atoms with van der Waals surface area (Å²) in [6.07, 6.45) is 4.81. The van der Waals surface area contributed by atoms with E-state index in [4.69, 9.17) is 0 Å². The molecular weight excluding hydrogens is 336 g/mol. The molecule has 1 unspecified atom stereocenters. The van der Waals surface area contributed by atoms with Gasteiger partial charge in [-0.15, -0.1) is 0 Å². The van der Waals surface area contributed by atoms with Crippen molar-refractivity contribution < 1.29 is 19.2 Å². The van der Waals surface area contributed by atoms with Gasteiger partial charge in [-0.05, 0) is 24.1 Å². The number of fused-ring (bicyclic) bond motifs is 1. The second-order valence-electron chi connectivity index (χ2n) is 6.19. The second-order valence-corrected chi connectivity index (χ2v) is 6.19. The molecule has 0 spiro atoms. The standard InChI is InChI=1S/C18H14N4O4/c23-15-4-3-14(17(25)21-15)22-9-11-7-10(1-2-12(11)18(22)26)16(24)13-8-19-5-6-20-13/h1-2,5-8,14H,3-4,9H2,(H,21,23,25). The van der Waals surface area contributed by atoms with E-state index in [0.717, 1.165) is 0 Å². The first-order valence-corrected chi connectivity index (χ1v) is 8.13. The number of hydrogen-bond donors (Lipinski definition) is 1. The predicted octanol–water partition coefficient (Wildman–Crippen LogP) is 0.469. The number of nitrogens with zero attached hydrogens (tertiary/aromatic N) is 3. The number of hydrogen-bond acceptors (Lipinski definition) is 6. The predicted molar refractivity (Wildman–Crippen MR) is 88.0 cm³/mol. The fourth-order valence-electron chi connectivity index (χ4n) is 3.28. The molecule has 1 fully saturated rings. The molecule has 3 heterocycles. The van der Waals surface area contributed by atoms with E-state index in [1.807, 2.05) is 0 Å². The summed E-state index contributed by atoms with van der Waals surface area (Å²) in [5, 5.41) is 2.26. The lowest BCUT2D eigenvalue weighted by molar-refractivity contribution is -0.136. The van der Waals surface area contributed by atoms with Crippen LogP contribution in [0.4, 0.5) is 0 Å². The first kappa shape index (κ1) is 16.1. The van der Waals surface area contributed by atoms with Crippen molar-refractivity contribution in [2.24, 2.45) is 0 Å². The van der Waals surface area contributed by atoms with E-state index in [1.165, 1.54) is 23.5 Å². The Morgan fingerprint density at radius 2 is 2.04 bits per heavy atom. The number of piperidine rings is 1. The molecule has 4 rings (SSSR count). The lowest BCUT2D eigenvalue weighted by Crippen LogP contribution is -2.52. The van der Waals surface area contributed by atoms with Crippen LogP contribution in [0.15, 0.2) is 36.8 Å². The van der Waals surface area contributed by atoms with Crippen molar-refractivity contribution in [2.75, 3.05) is 0 Å². The number of nitrogens with one attached hydrogen (secondary N) is 1. The van der Waals surface area contributed by atoms with Crippen molar-refractivity contribution in [3.63, 3.8) is 0 Å². The van der Waals surface area contributed by atoms with Gasteiger partial charge in [-0.2, -0.15) is 0 Å². The third kappa shape index (κ3) is 2.65. The Morgan fingerprint density at radius 1 is 1.19 bits per heavy atom. The molecule has 0 aliphatic carbocycles. The van der Waals surface area contributed by atoms with Crippen molar-refractivity contribution in [1.29, 1.82) is 0 Å². The summed E-state index contributed by atoms with van der Waals surface area (Å²) < 4.78 is 0. The van der Waals surface area contributed by atoms with Gasteiger partial charge in [0.1, 0.15) is 11.7 Å². The smallest absolute Gasteiger partial charge is 0.255 e. The Hall–Kier alpha value is -3.42. The average Bonchev–Trinajstić information content (AvgIpc) is 2.98. The van der Waals surface area contributed by atoms with Gasteiger partial charge in [0, 0.05) is 36.5 Å². The summed E-state index contributed by atoms with van der Waals surface area (Å²) in [6.45, 7) is 0.224. The van der Waals surface area contributed by atoms with E-state index in [9.17, 15) is 19.2 Å². The number of carbonyl (C=O) groups excluding carboxylic acids is 4. The number of carbonyl (C=O) groups is 4. The molecule has 2 aliphatic heterocycles. The molecule has 0 radical (unpaired) electrons. The zero-order chi connectivity index (χ0) is 18.3. The number of benzene rings is 1. The van der Waals surface area contributed by atoms with E-state index < -0.39 is 11.9 Å². The van der Waals surface area contributed by atoms with Gasteiger partial charge in [0.25, 0.3) is 5.91 Å². The van der Waals surface area contributed by atoms with Crippen LogP contribution in [-0.4, -0.2) is 44.4 Å². The first-order valence-electron chi connectivity index (χ1n) is 8.13. The molecule has 3 amide bonds. The van der Waals surface area contributed by atoms with Gasteiger partial charge in [0.05, 0.1) is 6.20 Å². The van der Waals surface area contributed by atoms with Crippen LogP contribution < -0.4 is 5.32 Å². The summed E-state index contributed by atoms with van der Waals surface area (Å²) in [4.78, 5) is 57.8. The van der Waals surface area contributed by atoms with Gasteiger partial charge in [0.2, 0.25) is 17.6 Å². The van der Waals surface area contributed by atoms with Crippen molar-refractivity contribution in [2.45, 2.75) is 25.4 Å². The van der Waals surface area contributed by atoms with Crippen LogP contribution in [0, 0.1) is 0 Å². The summed E-state index contributed by atoms with van der Waals surface area (Å²) in [5.74, 6) is -1.34. The molecule has 0 bridgehead atoms. The largest absolute Gasteiger partial charge is 0.322 e. The van der Waals surface area contributed by atoms with Crippen LogP contribution in [-0.2, 0) is 16.1 Å². The SMILES string of the molecule is O=C1CCC(N2Cc3cc(C(=O)c4cnccn4)ccc3C2=O)C(=O)N1. The third-order valence-corrected chi connectivity index (χ3v) is 4.58. The number of ketones is 1. The third-order valence-electron chi connectivity index (χ3n) is 4.58. The van der Waals surface area contributed by atoms with Crippen molar-refractivity contribution in [1.82, 2.24) is 20.2 Å². The summed E-state index contributed by atoms with van der Waals surface area (Å²) in [7, 11) is 0. The lowest BCUT2D eigenvalue weighted by atomic mass is 10.0. The molecule has 1 aromatic carbocycles. The molecule has 130 valence electrons. The van der Waals surface area contributed by atoms with E-state index in [0.29, 0.717) is 23.1 Å². The molecule has 26 heavy (non-hydrogen) atoms. The highest BCUT2D eigenvalue weighted by Crippen LogP contribution is 2.28. The Bertz CT molecular complexity index is 941. The van der Waals surface area contributed by atoms with Gasteiger partial charge < -0.3 is 4.90 Å². The molecule has 1 aromatic heterocycles. The summed E-state index contributed by atoms with van der Waals surface area (Å²) in [5.41, 5.74) is 1.76.